The smallest absolute Gasteiger partial charge is 0.416 e. The Morgan fingerprint density at radius 2 is 1.73 bits per heavy atom. The molecule has 0 spiro atoms. The van der Waals surface area contributed by atoms with Crippen molar-refractivity contribution in [1.29, 1.82) is 0 Å². The molecule has 1 N–H and O–H groups in total. The molecule has 2 aromatic carbocycles. The highest BCUT2D eigenvalue weighted by molar-refractivity contribution is 6.06. The summed E-state index contributed by atoms with van der Waals surface area (Å²) >= 11 is 0. The summed E-state index contributed by atoms with van der Waals surface area (Å²) in [5.41, 5.74) is -1.34. The Hall–Kier alpha value is -3.21. The Morgan fingerprint density at radius 1 is 1.03 bits per heavy atom. The molecule has 1 aliphatic rings. The fraction of sp³-hybridized carbons (Fsp3) is 0.462. The molecule has 1 saturated heterocycles. The van der Waals surface area contributed by atoms with E-state index in [0.29, 0.717) is 36.2 Å². The number of hydrogen-bond donors (Lipinski definition) is 1. The molecule has 37 heavy (non-hydrogen) atoms. The summed E-state index contributed by atoms with van der Waals surface area (Å²) < 4.78 is 74.8. The lowest BCUT2D eigenvalue weighted by molar-refractivity contribution is -0.137. The molecule has 1 fully saturated rings. The number of para-hydroxylation sites is 1. The van der Waals surface area contributed by atoms with E-state index in [1.807, 2.05) is 0 Å². The van der Waals surface area contributed by atoms with E-state index < -0.39 is 29.1 Å². The van der Waals surface area contributed by atoms with Gasteiger partial charge in [-0.1, -0.05) is 18.6 Å². The molecule has 0 unspecified atom stereocenters. The second kappa shape index (κ2) is 10.6. The summed E-state index contributed by atoms with van der Waals surface area (Å²) in [6.45, 7) is 3.42. The zero-order chi connectivity index (χ0) is 26.8. The lowest BCUT2D eigenvalue weighted by Crippen LogP contribution is -2.32. The molecule has 0 atom stereocenters. The summed E-state index contributed by atoms with van der Waals surface area (Å²) in [7, 11) is 1.52. The normalized spacial score (nSPS) is 15.2. The first-order valence-electron chi connectivity index (χ1n) is 12.1. The Morgan fingerprint density at radius 3 is 2.38 bits per heavy atom. The number of carbonyl (C=O) groups is 1. The number of hydrogen-bond acceptors (Lipinski definition) is 4. The number of piperidine rings is 1. The highest BCUT2D eigenvalue weighted by atomic mass is 19.4. The van der Waals surface area contributed by atoms with Gasteiger partial charge in [-0.3, -0.25) is 9.48 Å². The van der Waals surface area contributed by atoms with E-state index in [4.69, 9.17) is 4.74 Å². The number of aromatic nitrogens is 2. The van der Waals surface area contributed by atoms with Gasteiger partial charge in [0.15, 0.2) is 5.69 Å². The Kier molecular flexibility index (Phi) is 7.72. The second-order valence-electron chi connectivity index (χ2n) is 9.32. The predicted octanol–water partition coefficient (Wildman–Crippen LogP) is 5.59. The highest BCUT2D eigenvalue weighted by Gasteiger charge is 2.34. The number of ether oxygens (including phenoxy) is 1. The predicted molar refractivity (Wildman–Crippen MR) is 129 cm³/mol. The number of fused-ring (bicyclic) bond motifs is 1. The van der Waals surface area contributed by atoms with Crippen molar-refractivity contribution in [3.8, 4) is 5.75 Å². The summed E-state index contributed by atoms with van der Waals surface area (Å²) in [6.07, 6.45) is -1.32. The molecule has 3 aromatic rings. The van der Waals surface area contributed by atoms with E-state index >= 15 is 0 Å². The molecule has 6 nitrogen and oxygen atoms in total. The van der Waals surface area contributed by atoms with Gasteiger partial charge < -0.3 is 15.0 Å². The number of rotatable bonds is 8. The van der Waals surface area contributed by atoms with Crippen LogP contribution >= 0.6 is 0 Å². The SMILES string of the molecule is COc1cccc2c(C(=O)NCc3cc(C(C)(F)F)cc(C(F)(F)F)c3)nn(CCN3CCCCC3)c12. The number of halogens is 5. The monoisotopic (exact) mass is 524 g/mol. The third-order valence-electron chi connectivity index (χ3n) is 6.52. The van der Waals surface area contributed by atoms with Crippen LogP contribution in [0.1, 0.15) is 53.4 Å². The first-order chi connectivity index (χ1) is 17.5. The van der Waals surface area contributed by atoms with Crippen LogP contribution in [0.3, 0.4) is 0 Å². The van der Waals surface area contributed by atoms with Gasteiger partial charge in [0, 0.05) is 31.0 Å². The number of benzene rings is 2. The van der Waals surface area contributed by atoms with Crippen molar-refractivity contribution in [3.63, 3.8) is 0 Å². The van der Waals surface area contributed by atoms with E-state index in [9.17, 15) is 26.7 Å². The number of carbonyl (C=O) groups excluding carboxylic acids is 1. The van der Waals surface area contributed by atoms with Crippen molar-refractivity contribution in [1.82, 2.24) is 20.0 Å². The largest absolute Gasteiger partial charge is 0.494 e. The Bertz CT molecular complexity index is 1230. The standard InChI is InChI=1S/C26H29F5N4O2/c1-25(27,28)18-13-17(14-19(15-18)26(29,30)31)16-32-24(36)22-20-7-6-8-21(37-2)23(20)35(33-22)12-11-34-9-4-3-5-10-34/h6-8,13-15H,3-5,9-12,16H2,1-2H3,(H,32,36). The number of methoxy groups -OCH3 is 1. The first-order valence-corrected chi connectivity index (χ1v) is 12.1. The number of amides is 1. The van der Waals surface area contributed by atoms with Crippen molar-refractivity contribution >= 4 is 16.8 Å². The van der Waals surface area contributed by atoms with Gasteiger partial charge in [0.05, 0.1) is 19.2 Å². The van der Waals surface area contributed by atoms with Crippen molar-refractivity contribution in [2.45, 2.75) is 51.4 Å². The zero-order valence-corrected chi connectivity index (χ0v) is 20.7. The van der Waals surface area contributed by atoms with Crippen LogP contribution < -0.4 is 10.1 Å². The van der Waals surface area contributed by atoms with E-state index in [1.54, 1.807) is 22.9 Å². The number of nitrogens with zero attached hydrogens (tertiary/aromatic N) is 3. The minimum absolute atomic E-state index is 0.0839. The summed E-state index contributed by atoms with van der Waals surface area (Å²) in [6, 6.07) is 7.35. The topological polar surface area (TPSA) is 59.4 Å². The van der Waals surface area contributed by atoms with Crippen LogP contribution in [0.25, 0.3) is 10.9 Å². The van der Waals surface area contributed by atoms with Crippen molar-refractivity contribution in [3.05, 3.63) is 58.8 Å². The molecule has 1 amide bonds. The Balaban J connectivity index is 1.59. The minimum atomic E-state index is -4.81. The molecule has 0 aliphatic carbocycles. The maximum atomic E-state index is 13.8. The molecule has 1 aliphatic heterocycles. The molecule has 0 radical (unpaired) electrons. The van der Waals surface area contributed by atoms with E-state index in [0.717, 1.165) is 44.6 Å². The lowest BCUT2D eigenvalue weighted by atomic mass is 10.0. The third kappa shape index (κ3) is 6.20. The molecule has 200 valence electrons. The summed E-state index contributed by atoms with van der Waals surface area (Å²) in [5, 5.41) is 7.58. The maximum absolute atomic E-state index is 13.8. The van der Waals surface area contributed by atoms with Crippen LogP contribution in [0.4, 0.5) is 22.0 Å². The van der Waals surface area contributed by atoms with Crippen molar-refractivity contribution in [2.24, 2.45) is 0 Å². The van der Waals surface area contributed by atoms with Crippen LogP contribution in [0.15, 0.2) is 36.4 Å². The number of alkyl halides is 5. The van der Waals surface area contributed by atoms with Gasteiger partial charge in [-0.2, -0.15) is 18.3 Å². The maximum Gasteiger partial charge on any atom is 0.416 e. The molecule has 4 rings (SSSR count). The van der Waals surface area contributed by atoms with Crippen molar-refractivity contribution < 1.29 is 31.5 Å². The third-order valence-corrected chi connectivity index (χ3v) is 6.52. The van der Waals surface area contributed by atoms with Gasteiger partial charge >= 0.3 is 6.18 Å². The van der Waals surface area contributed by atoms with Gasteiger partial charge in [0.1, 0.15) is 11.3 Å². The van der Waals surface area contributed by atoms with Gasteiger partial charge in [-0.05, 0) is 55.8 Å². The van der Waals surface area contributed by atoms with Gasteiger partial charge in [0.25, 0.3) is 11.8 Å². The van der Waals surface area contributed by atoms with Crippen LogP contribution in [-0.2, 0) is 25.2 Å². The van der Waals surface area contributed by atoms with Crippen molar-refractivity contribution in [2.75, 3.05) is 26.7 Å². The van der Waals surface area contributed by atoms with Crippen LogP contribution in [-0.4, -0.2) is 47.3 Å². The minimum Gasteiger partial charge on any atom is -0.494 e. The number of nitrogens with one attached hydrogen (secondary N) is 1. The Labute approximate surface area is 211 Å². The fourth-order valence-corrected chi connectivity index (χ4v) is 4.59. The second-order valence-corrected chi connectivity index (χ2v) is 9.32. The molecular weight excluding hydrogens is 495 g/mol. The quantitative estimate of drug-likeness (QED) is 0.391. The van der Waals surface area contributed by atoms with E-state index in [2.05, 4.69) is 15.3 Å². The summed E-state index contributed by atoms with van der Waals surface area (Å²) in [5.74, 6) is -3.56. The van der Waals surface area contributed by atoms with Crippen LogP contribution in [0, 0.1) is 0 Å². The van der Waals surface area contributed by atoms with Gasteiger partial charge in [0.2, 0.25) is 0 Å². The molecule has 1 aromatic heterocycles. The molecular formula is C26H29F5N4O2. The zero-order valence-electron chi connectivity index (χ0n) is 20.7. The van der Waals surface area contributed by atoms with E-state index in [-0.39, 0.29) is 17.8 Å². The highest BCUT2D eigenvalue weighted by Crippen LogP contribution is 2.35. The fourth-order valence-electron chi connectivity index (χ4n) is 4.59. The number of likely N-dealkylation sites (tertiary alicyclic amines) is 1. The van der Waals surface area contributed by atoms with Crippen LogP contribution in [0.5, 0.6) is 5.75 Å². The van der Waals surface area contributed by atoms with E-state index in [1.165, 1.54) is 13.5 Å². The van der Waals surface area contributed by atoms with Crippen LogP contribution in [0.2, 0.25) is 0 Å². The summed E-state index contributed by atoms with van der Waals surface area (Å²) in [4.78, 5) is 15.4. The molecule has 0 saturated carbocycles. The molecule has 0 bridgehead atoms. The molecule has 11 heteroatoms. The average Bonchev–Trinajstić information content (AvgIpc) is 3.24. The first kappa shape index (κ1) is 26.8. The molecule has 2 heterocycles. The van der Waals surface area contributed by atoms with Gasteiger partial charge in [-0.15, -0.1) is 0 Å². The lowest BCUT2D eigenvalue weighted by Gasteiger charge is -2.26. The van der Waals surface area contributed by atoms with Gasteiger partial charge in [-0.25, -0.2) is 8.78 Å². The average molecular weight is 525 g/mol.